The number of benzene rings is 1. The first-order valence-corrected chi connectivity index (χ1v) is 8.89. The van der Waals surface area contributed by atoms with E-state index in [0.717, 1.165) is 25.7 Å². The number of hydrogen-bond donors (Lipinski definition) is 1. The molecule has 1 aliphatic rings. The summed E-state index contributed by atoms with van der Waals surface area (Å²) in [4.78, 5) is 12.1. The molecule has 2 atom stereocenters. The van der Waals surface area contributed by atoms with Gasteiger partial charge in [-0.2, -0.15) is 0 Å². The first-order chi connectivity index (χ1) is 10.5. The Kier molecular flexibility index (Phi) is 5.94. The fraction of sp³-hybridized carbons (Fsp3) is 0.562. The molecule has 1 amide bonds. The number of ether oxygens (including phenoxy) is 1. The third kappa shape index (κ3) is 4.29. The largest absolute Gasteiger partial charge is 0.494 e. The van der Waals surface area contributed by atoms with E-state index in [9.17, 15) is 13.4 Å². The average molecular weight is 327 g/mol. The SMILES string of the molecule is COc1ccc(C[S@](=O)[C@@H](C)C(=O)NC2CCCC2)cc1F. The highest BCUT2D eigenvalue weighted by Gasteiger charge is 2.24. The molecule has 0 aliphatic heterocycles. The number of halogens is 1. The van der Waals surface area contributed by atoms with Gasteiger partial charge in [0, 0.05) is 22.6 Å². The lowest BCUT2D eigenvalue weighted by Crippen LogP contribution is -2.40. The Labute approximate surface area is 132 Å². The summed E-state index contributed by atoms with van der Waals surface area (Å²) < 4.78 is 30.8. The number of amides is 1. The summed E-state index contributed by atoms with van der Waals surface area (Å²) in [6.07, 6.45) is 4.25. The van der Waals surface area contributed by atoms with E-state index in [1.807, 2.05) is 0 Å². The molecule has 1 saturated carbocycles. The number of methoxy groups -OCH3 is 1. The molecule has 0 saturated heterocycles. The third-order valence-electron chi connectivity index (χ3n) is 3.99. The van der Waals surface area contributed by atoms with Crippen LogP contribution < -0.4 is 10.1 Å². The van der Waals surface area contributed by atoms with E-state index in [4.69, 9.17) is 4.74 Å². The number of nitrogens with one attached hydrogen (secondary N) is 1. The van der Waals surface area contributed by atoms with Gasteiger partial charge in [-0.25, -0.2) is 4.39 Å². The molecule has 2 rings (SSSR count). The van der Waals surface area contributed by atoms with Crippen molar-refractivity contribution < 1.29 is 18.1 Å². The average Bonchev–Trinajstić information content (AvgIpc) is 2.99. The molecule has 1 fully saturated rings. The van der Waals surface area contributed by atoms with Crippen LogP contribution in [0.2, 0.25) is 0 Å². The van der Waals surface area contributed by atoms with Gasteiger partial charge < -0.3 is 10.1 Å². The molecule has 0 spiro atoms. The molecule has 4 nitrogen and oxygen atoms in total. The van der Waals surface area contributed by atoms with Crippen LogP contribution in [0.15, 0.2) is 18.2 Å². The Morgan fingerprint density at radius 2 is 2.14 bits per heavy atom. The lowest BCUT2D eigenvalue weighted by molar-refractivity contribution is -0.121. The number of hydrogen-bond acceptors (Lipinski definition) is 3. The fourth-order valence-corrected chi connectivity index (χ4v) is 3.66. The van der Waals surface area contributed by atoms with E-state index in [-0.39, 0.29) is 23.5 Å². The van der Waals surface area contributed by atoms with Crippen molar-refractivity contribution in [2.24, 2.45) is 0 Å². The van der Waals surface area contributed by atoms with Gasteiger partial charge in [0.1, 0.15) is 5.25 Å². The van der Waals surface area contributed by atoms with Gasteiger partial charge in [-0.1, -0.05) is 18.9 Å². The summed E-state index contributed by atoms with van der Waals surface area (Å²) >= 11 is 0. The molecule has 6 heteroatoms. The highest BCUT2D eigenvalue weighted by Crippen LogP contribution is 2.20. The van der Waals surface area contributed by atoms with Crippen LogP contribution in [0, 0.1) is 5.82 Å². The van der Waals surface area contributed by atoms with Gasteiger partial charge in [-0.15, -0.1) is 0 Å². The van der Waals surface area contributed by atoms with Crippen LogP contribution in [0.5, 0.6) is 5.75 Å². The maximum Gasteiger partial charge on any atom is 0.235 e. The lowest BCUT2D eigenvalue weighted by atomic mass is 10.2. The van der Waals surface area contributed by atoms with Crippen LogP contribution in [0.4, 0.5) is 4.39 Å². The standard InChI is InChI=1S/C16H22FNO3S/c1-11(16(19)18-13-5-3-4-6-13)22(20)10-12-7-8-15(21-2)14(17)9-12/h7-9,11,13H,3-6,10H2,1-2H3,(H,18,19)/t11-,22-/m0/s1. The Hall–Kier alpha value is -1.43. The highest BCUT2D eigenvalue weighted by atomic mass is 32.2. The molecule has 22 heavy (non-hydrogen) atoms. The van der Waals surface area contributed by atoms with Crippen molar-refractivity contribution in [3.8, 4) is 5.75 Å². The lowest BCUT2D eigenvalue weighted by Gasteiger charge is -2.16. The van der Waals surface area contributed by atoms with Crippen molar-refractivity contribution >= 4 is 16.7 Å². The van der Waals surface area contributed by atoms with Crippen LogP contribution >= 0.6 is 0 Å². The van der Waals surface area contributed by atoms with Gasteiger partial charge in [0.25, 0.3) is 0 Å². The topological polar surface area (TPSA) is 55.4 Å². The molecule has 1 N–H and O–H groups in total. The second-order valence-electron chi connectivity index (χ2n) is 5.63. The van der Waals surface area contributed by atoms with E-state index < -0.39 is 21.9 Å². The quantitative estimate of drug-likeness (QED) is 0.873. The predicted octanol–water partition coefficient (Wildman–Crippen LogP) is 2.53. The van der Waals surface area contributed by atoms with Gasteiger partial charge in [0.15, 0.2) is 11.6 Å². The summed E-state index contributed by atoms with van der Waals surface area (Å²) in [6, 6.07) is 4.69. The summed E-state index contributed by atoms with van der Waals surface area (Å²) in [5.41, 5.74) is 0.595. The highest BCUT2D eigenvalue weighted by molar-refractivity contribution is 7.85. The predicted molar refractivity (Wildman–Crippen MR) is 84.7 cm³/mol. The fourth-order valence-electron chi connectivity index (χ4n) is 2.60. The minimum Gasteiger partial charge on any atom is -0.494 e. The van der Waals surface area contributed by atoms with Crippen LogP contribution in [-0.4, -0.2) is 28.5 Å². The Balaban J connectivity index is 1.92. The monoisotopic (exact) mass is 327 g/mol. The maximum absolute atomic E-state index is 13.6. The van der Waals surface area contributed by atoms with Crippen molar-refractivity contribution in [2.45, 2.75) is 49.7 Å². The van der Waals surface area contributed by atoms with Gasteiger partial charge in [-0.05, 0) is 37.5 Å². The molecule has 1 aliphatic carbocycles. The summed E-state index contributed by atoms with van der Waals surface area (Å²) in [7, 11) is 0.0123. The minimum atomic E-state index is -1.38. The van der Waals surface area contributed by atoms with E-state index in [1.165, 1.54) is 19.2 Å². The molecular formula is C16H22FNO3S. The summed E-state index contributed by atoms with van der Waals surface area (Å²) in [6.45, 7) is 1.65. The first kappa shape index (κ1) is 16.9. The molecular weight excluding hydrogens is 305 g/mol. The molecule has 0 unspecified atom stereocenters. The molecule has 1 aromatic rings. The van der Waals surface area contributed by atoms with Gasteiger partial charge in [0.05, 0.1) is 7.11 Å². The van der Waals surface area contributed by atoms with Crippen molar-refractivity contribution in [3.05, 3.63) is 29.6 Å². The molecule has 0 radical (unpaired) electrons. The molecule has 1 aromatic carbocycles. The second kappa shape index (κ2) is 7.72. The number of carbonyl (C=O) groups is 1. The molecule has 0 heterocycles. The van der Waals surface area contributed by atoms with E-state index in [1.54, 1.807) is 13.0 Å². The Bertz CT molecular complexity index is 558. The first-order valence-electron chi connectivity index (χ1n) is 7.51. The minimum absolute atomic E-state index is 0.153. The van der Waals surface area contributed by atoms with Crippen molar-refractivity contribution in [1.29, 1.82) is 0 Å². The van der Waals surface area contributed by atoms with Crippen LogP contribution in [0.1, 0.15) is 38.2 Å². The van der Waals surface area contributed by atoms with Crippen LogP contribution in [0.3, 0.4) is 0 Å². The maximum atomic E-state index is 13.6. The second-order valence-corrected chi connectivity index (χ2v) is 7.38. The van der Waals surface area contributed by atoms with Crippen molar-refractivity contribution in [1.82, 2.24) is 5.32 Å². The third-order valence-corrected chi connectivity index (χ3v) is 5.61. The van der Waals surface area contributed by atoms with E-state index >= 15 is 0 Å². The number of carbonyl (C=O) groups excluding carboxylic acids is 1. The van der Waals surface area contributed by atoms with E-state index in [0.29, 0.717) is 5.56 Å². The van der Waals surface area contributed by atoms with Crippen LogP contribution in [-0.2, 0) is 21.3 Å². The molecule has 0 bridgehead atoms. The van der Waals surface area contributed by atoms with Gasteiger partial charge in [0.2, 0.25) is 5.91 Å². The zero-order valence-corrected chi connectivity index (χ0v) is 13.7. The van der Waals surface area contributed by atoms with Gasteiger partial charge >= 0.3 is 0 Å². The van der Waals surface area contributed by atoms with Crippen molar-refractivity contribution in [2.75, 3.05) is 7.11 Å². The summed E-state index contributed by atoms with van der Waals surface area (Å²) in [5, 5.41) is 2.34. The van der Waals surface area contributed by atoms with Crippen molar-refractivity contribution in [3.63, 3.8) is 0 Å². The normalized spacial score (nSPS) is 18.0. The van der Waals surface area contributed by atoms with Gasteiger partial charge in [-0.3, -0.25) is 9.00 Å². The zero-order chi connectivity index (χ0) is 16.1. The molecule has 122 valence electrons. The Morgan fingerprint density at radius 1 is 1.45 bits per heavy atom. The number of rotatable bonds is 6. The molecule has 0 aromatic heterocycles. The zero-order valence-electron chi connectivity index (χ0n) is 12.9. The smallest absolute Gasteiger partial charge is 0.235 e. The summed E-state index contributed by atoms with van der Waals surface area (Å²) in [5.74, 6) is -0.360. The van der Waals surface area contributed by atoms with E-state index in [2.05, 4.69) is 5.32 Å². The van der Waals surface area contributed by atoms with Crippen LogP contribution in [0.25, 0.3) is 0 Å². The Morgan fingerprint density at radius 3 is 2.73 bits per heavy atom.